The molecule has 0 saturated heterocycles. The van der Waals surface area contributed by atoms with E-state index in [0.29, 0.717) is 0 Å². The van der Waals surface area contributed by atoms with E-state index >= 15 is 0 Å². The van der Waals surface area contributed by atoms with Crippen LogP contribution < -0.4 is 0 Å². The van der Waals surface area contributed by atoms with Crippen LogP contribution in [0.3, 0.4) is 0 Å². The van der Waals surface area contributed by atoms with Crippen molar-refractivity contribution in [2.24, 2.45) is 9.98 Å². The molecule has 12 rings (SSSR count). The lowest BCUT2D eigenvalue weighted by Gasteiger charge is -2.12. The molecule has 0 aliphatic carbocycles. The SMILES string of the molecule is c1cc2ccc3cc(C4=Nc5ccc(-c6ccc7c(c6)N=C(c6cc8ccc9cccc%10ccc(c6)c8c9%10)C7)cc5C4)cc4ccc(c1)c2c34. The molecule has 0 spiro atoms. The van der Waals surface area contributed by atoms with E-state index in [0.717, 1.165) is 35.6 Å². The molecule has 2 heterocycles. The summed E-state index contributed by atoms with van der Waals surface area (Å²) in [5.74, 6) is 0. The maximum atomic E-state index is 5.22. The number of aliphatic imine (C=N–C) groups is 2. The molecule has 0 atom stereocenters. The largest absolute Gasteiger partial charge is 0.252 e. The Morgan fingerprint density at radius 3 is 1.26 bits per heavy atom. The lowest BCUT2D eigenvalue weighted by molar-refractivity contribution is 1.37. The third kappa shape index (κ3) is 3.73. The van der Waals surface area contributed by atoms with E-state index < -0.39 is 0 Å². The van der Waals surface area contributed by atoms with Crippen LogP contribution >= 0.6 is 0 Å². The summed E-state index contributed by atoms with van der Waals surface area (Å²) in [5.41, 5.74) is 11.8. The summed E-state index contributed by atoms with van der Waals surface area (Å²) in [5, 5.41) is 15.7. The van der Waals surface area contributed by atoms with Crippen molar-refractivity contribution in [3.05, 3.63) is 168 Å². The van der Waals surface area contributed by atoms with E-state index in [9.17, 15) is 0 Å². The number of benzene rings is 10. The standard InChI is InChI=1S/C48H28N2/c1-3-27-7-13-34-20-38(21-35-14-8-28(4-1)45(27)47(34)35)43-25-33-12-11-32(24-42(33)50-43)31-17-18-41-40(19-31)26-44(49-41)39-22-36-15-9-29-5-2-6-30-10-16-37(23-39)48(36)46(29)30/h1-24H,25-26H2. The van der Waals surface area contributed by atoms with Crippen LogP contribution in [0.4, 0.5) is 11.4 Å². The molecule has 2 aliphatic heterocycles. The summed E-state index contributed by atoms with van der Waals surface area (Å²) < 4.78 is 0. The van der Waals surface area contributed by atoms with Gasteiger partial charge in [-0.3, -0.25) is 9.98 Å². The maximum Gasteiger partial charge on any atom is 0.0675 e. The van der Waals surface area contributed by atoms with Crippen LogP contribution in [0.25, 0.3) is 75.8 Å². The summed E-state index contributed by atoms with van der Waals surface area (Å²) >= 11 is 0. The molecule has 2 nitrogen and oxygen atoms in total. The fraction of sp³-hybridized carbons (Fsp3) is 0.0417. The Morgan fingerprint density at radius 1 is 0.300 bits per heavy atom. The Hall–Kier alpha value is -6.38. The predicted octanol–water partition coefficient (Wildman–Crippen LogP) is 12.5. The molecule has 2 heteroatoms. The molecule has 0 unspecified atom stereocenters. The summed E-state index contributed by atoms with van der Waals surface area (Å²) in [6, 6.07) is 54.1. The van der Waals surface area contributed by atoms with Gasteiger partial charge in [-0.15, -0.1) is 0 Å². The molecular weight excluding hydrogens is 605 g/mol. The Labute approximate surface area is 288 Å². The molecule has 50 heavy (non-hydrogen) atoms. The summed E-state index contributed by atoms with van der Waals surface area (Å²) in [7, 11) is 0. The maximum absolute atomic E-state index is 5.22. The highest BCUT2D eigenvalue weighted by Gasteiger charge is 2.21. The predicted molar refractivity (Wildman–Crippen MR) is 212 cm³/mol. The number of hydrogen-bond acceptors (Lipinski definition) is 2. The van der Waals surface area contributed by atoms with Gasteiger partial charge < -0.3 is 0 Å². The number of nitrogens with zero attached hydrogens (tertiary/aromatic N) is 2. The number of hydrogen-bond donors (Lipinski definition) is 0. The van der Waals surface area contributed by atoms with E-state index in [1.165, 1.54) is 98.0 Å². The normalized spacial score (nSPS) is 14.1. The fourth-order valence-electron chi connectivity index (χ4n) is 8.92. The summed E-state index contributed by atoms with van der Waals surface area (Å²) in [6.07, 6.45) is 1.68. The van der Waals surface area contributed by atoms with Crippen LogP contribution in [0.1, 0.15) is 22.3 Å². The molecule has 0 bridgehead atoms. The number of fused-ring (bicyclic) bond motifs is 2. The second-order valence-electron chi connectivity index (χ2n) is 14.2. The molecule has 2 aliphatic rings. The highest BCUT2D eigenvalue weighted by Crippen LogP contribution is 2.41. The van der Waals surface area contributed by atoms with Crippen molar-refractivity contribution >= 4 is 87.4 Å². The smallest absolute Gasteiger partial charge is 0.0675 e. The van der Waals surface area contributed by atoms with E-state index in [2.05, 4.69) is 146 Å². The van der Waals surface area contributed by atoms with Crippen molar-refractivity contribution in [2.45, 2.75) is 12.8 Å². The van der Waals surface area contributed by atoms with Gasteiger partial charge in [0.25, 0.3) is 0 Å². The van der Waals surface area contributed by atoms with Crippen LogP contribution in [0.2, 0.25) is 0 Å². The van der Waals surface area contributed by atoms with Gasteiger partial charge in [0.15, 0.2) is 0 Å². The van der Waals surface area contributed by atoms with Crippen molar-refractivity contribution in [2.75, 3.05) is 0 Å². The highest BCUT2D eigenvalue weighted by molar-refractivity contribution is 6.26. The van der Waals surface area contributed by atoms with E-state index in [1.54, 1.807) is 0 Å². The Morgan fingerprint density at radius 2 is 0.720 bits per heavy atom. The van der Waals surface area contributed by atoms with Crippen molar-refractivity contribution in [1.82, 2.24) is 0 Å². The number of rotatable bonds is 3. The monoisotopic (exact) mass is 632 g/mol. The van der Waals surface area contributed by atoms with Crippen LogP contribution in [0, 0.1) is 0 Å². The first-order chi connectivity index (χ1) is 24.7. The molecule has 0 radical (unpaired) electrons. The van der Waals surface area contributed by atoms with Gasteiger partial charge in [-0.2, -0.15) is 0 Å². The van der Waals surface area contributed by atoms with Crippen LogP contribution in [-0.2, 0) is 12.8 Å². The summed E-state index contributed by atoms with van der Waals surface area (Å²) in [6.45, 7) is 0. The Kier molecular flexibility index (Phi) is 5.11. The molecule has 0 amide bonds. The first-order valence-electron chi connectivity index (χ1n) is 17.5. The van der Waals surface area contributed by atoms with E-state index in [4.69, 9.17) is 9.98 Å². The topological polar surface area (TPSA) is 24.7 Å². The van der Waals surface area contributed by atoms with Gasteiger partial charge in [0, 0.05) is 12.8 Å². The second kappa shape index (κ2) is 9.62. The molecule has 10 aromatic rings. The van der Waals surface area contributed by atoms with E-state index in [-0.39, 0.29) is 0 Å². The third-order valence-corrected chi connectivity index (χ3v) is 11.3. The highest BCUT2D eigenvalue weighted by atomic mass is 14.8. The molecule has 0 saturated carbocycles. The van der Waals surface area contributed by atoms with Gasteiger partial charge in [-0.1, -0.05) is 103 Å². The zero-order chi connectivity index (χ0) is 32.5. The van der Waals surface area contributed by atoms with Gasteiger partial charge in [0.05, 0.1) is 22.8 Å². The fourth-order valence-corrected chi connectivity index (χ4v) is 8.92. The summed E-state index contributed by atoms with van der Waals surface area (Å²) in [4.78, 5) is 10.4. The van der Waals surface area contributed by atoms with Crippen molar-refractivity contribution < 1.29 is 0 Å². The third-order valence-electron chi connectivity index (χ3n) is 11.3. The quantitative estimate of drug-likeness (QED) is 0.173. The Bertz CT molecular complexity index is 3010. The van der Waals surface area contributed by atoms with Crippen LogP contribution in [-0.4, -0.2) is 11.4 Å². The molecule has 0 fully saturated rings. The lowest BCUT2D eigenvalue weighted by atomic mass is 9.91. The lowest BCUT2D eigenvalue weighted by Crippen LogP contribution is -2.01. The molecule has 230 valence electrons. The van der Waals surface area contributed by atoms with Crippen molar-refractivity contribution in [3.63, 3.8) is 0 Å². The van der Waals surface area contributed by atoms with Crippen molar-refractivity contribution in [1.29, 1.82) is 0 Å². The molecule has 0 N–H and O–H groups in total. The minimum absolute atomic E-state index is 0.833. The van der Waals surface area contributed by atoms with Gasteiger partial charge in [0.1, 0.15) is 0 Å². The molecular formula is C48H28N2. The average molecular weight is 633 g/mol. The van der Waals surface area contributed by atoms with E-state index in [1.807, 2.05) is 0 Å². The van der Waals surface area contributed by atoms with Crippen LogP contribution in [0.15, 0.2) is 156 Å². The molecule has 0 aromatic heterocycles. The first-order valence-corrected chi connectivity index (χ1v) is 17.5. The molecule has 10 aromatic carbocycles. The van der Waals surface area contributed by atoms with Gasteiger partial charge in [0.2, 0.25) is 0 Å². The van der Waals surface area contributed by atoms with Gasteiger partial charge in [-0.05, 0) is 140 Å². The minimum atomic E-state index is 0.833. The Balaban J connectivity index is 0.867. The van der Waals surface area contributed by atoms with Gasteiger partial charge >= 0.3 is 0 Å². The second-order valence-corrected chi connectivity index (χ2v) is 14.2. The first kappa shape index (κ1) is 26.6. The van der Waals surface area contributed by atoms with Crippen molar-refractivity contribution in [3.8, 4) is 11.1 Å². The minimum Gasteiger partial charge on any atom is -0.252 e. The zero-order valence-electron chi connectivity index (χ0n) is 27.2. The van der Waals surface area contributed by atoms with Crippen LogP contribution in [0.5, 0.6) is 0 Å². The van der Waals surface area contributed by atoms with Gasteiger partial charge in [-0.25, -0.2) is 0 Å². The zero-order valence-corrected chi connectivity index (χ0v) is 27.2. The average Bonchev–Trinajstić information content (AvgIpc) is 3.80.